The molecular formula is C12H14ClN. The highest BCUT2D eigenvalue weighted by molar-refractivity contribution is 6.18. The van der Waals surface area contributed by atoms with Gasteiger partial charge in [0.2, 0.25) is 0 Å². The maximum Gasteiger partial charge on any atom is 0.0495 e. The summed E-state index contributed by atoms with van der Waals surface area (Å²) in [6.07, 6.45) is 3.32. The molecule has 1 aromatic heterocycles. The number of benzene rings is 1. The average molecular weight is 208 g/mol. The Balaban J connectivity index is 2.61. The highest BCUT2D eigenvalue weighted by Gasteiger charge is 2.05. The van der Waals surface area contributed by atoms with Gasteiger partial charge in [-0.1, -0.05) is 25.1 Å². The fourth-order valence-electron chi connectivity index (χ4n) is 1.86. The van der Waals surface area contributed by atoms with Gasteiger partial charge >= 0.3 is 0 Å². The Morgan fingerprint density at radius 1 is 1.29 bits per heavy atom. The fourth-order valence-corrected chi connectivity index (χ4v) is 2.07. The number of halogens is 1. The normalized spacial score (nSPS) is 11.0. The second kappa shape index (κ2) is 4.05. The first-order valence-electron chi connectivity index (χ1n) is 4.99. The van der Waals surface area contributed by atoms with E-state index in [0.717, 1.165) is 13.0 Å². The predicted octanol–water partition coefficient (Wildman–Crippen LogP) is 3.79. The van der Waals surface area contributed by atoms with Gasteiger partial charge in [0.15, 0.2) is 0 Å². The fraction of sp³-hybridized carbons (Fsp3) is 0.333. The van der Waals surface area contributed by atoms with E-state index in [2.05, 4.69) is 42.0 Å². The summed E-state index contributed by atoms with van der Waals surface area (Å²) in [5.41, 5.74) is 2.53. The third kappa shape index (κ3) is 1.53. The van der Waals surface area contributed by atoms with Crippen molar-refractivity contribution in [1.82, 2.24) is 4.57 Å². The molecular weight excluding hydrogens is 194 g/mol. The van der Waals surface area contributed by atoms with Crippen molar-refractivity contribution in [3.05, 3.63) is 36.0 Å². The van der Waals surface area contributed by atoms with Crippen LogP contribution in [0.1, 0.15) is 18.9 Å². The summed E-state index contributed by atoms with van der Waals surface area (Å²) in [6, 6.07) is 8.43. The van der Waals surface area contributed by atoms with Crippen molar-refractivity contribution in [2.45, 2.75) is 25.8 Å². The topological polar surface area (TPSA) is 4.93 Å². The quantitative estimate of drug-likeness (QED) is 0.675. The molecule has 74 valence electrons. The summed E-state index contributed by atoms with van der Waals surface area (Å²) in [4.78, 5) is 0. The first-order valence-corrected chi connectivity index (χ1v) is 5.53. The highest BCUT2D eigenvalue weighted by atomic mass is 35.5. The first-order chi connectivity index (χ1) is 6.86. The molecule has 1 aromatic carbocycles. The van der Waals surface area contributed by atoms with Crippen molar-refractivity contribution in [3.63, 3.8) is 0 Å². The maximum absolute atomic E-state index is 5.91. The van der Waals surface area contributed by atoms with Gasteiger partial charge in [0.1, 0.15) is 0 Å². The average Bonchev–Trinajstić information content (AvgIpc) is 2.58. The molecule has 2 aromatic rings. The summed E-state index contributed by atoms with van der Waals surface area (Å²) in [5.74, 6) is 0.594. The lowest BCUT2D eigenvalue weighted by atomic mass is 10.2. The predicted molar refractivity (Wildman–Crippen MR) is 61.8 cm³/mol. The number of hydrogen-bond acceptors (Lipinski definition) is 0. The third-order valence-electron chi connectivity index (χ3n) is 2.48. The lowest BCUT2D eigenvalue weighted by Crippen LogP contribution is -1.93. The van der Waals surface area contributed by atoms with E-state index in [1.807, 2.05) is 0 Å². The number of para-hydroxylation sites is 1. The number of fused-ring (bicyclic) bond motifs is 1. The highest BCUT2D eigenvalue weighted by Crippen LogP contribution is 2.22. The minimum Gasteiger partial charge on any atom is -0.347 e. The Labute approximate surface area is 89.3 Å². The molecule has 0 fully saturated rings. The van der Waals surface area contributed by atoms with Gasteiger partial charge in [0.25, 0.3) is 0 Å². The summed E-state index contributed by atoms with van der Waals surface area (Å²) in [7, 11) is 0. The van der Waals surface area contributed by atoms with Crippen LogP contribution in [0.2, 0.25) is 0 Å². The van der Waals surface area contributed by atoms with Gasteiger partial charge in [0.05, 0.1) is 0 Å². The van der Waals surface area contributed by atoms with Crippen molar-refractivity contribution >= 4 is 22.5 Å². The summed E-state index contributed by atoms with van der Waals surface area (Å²) < 4.78 is 2.28. The molecule has 1 heterocycles. The van der Waals surface area contributed by atoms with Gasteiger partial charge in [-0.2, -0.15) is 0 Å². The Kier molecular flexibility index (Phi) is 2.78. The van der Waals surface area contributed by atoms with Gasteiger partial charge in [-0.25, -0.2) is 0 Å². The number of nitrogens with zero attached hydrogens (tertiary/aromatic N) is 1. The van der Waals surface area contributed by atoms with Crippen molar-refractivity contribution in [2.75, 3.05) is 0 Å². The molecule has 0 amide bonds. The smallest absolute Gasteiger partial charge is 0.0495 e. The molecule has 0 saturated carbocycles. The largest absolute Gasteiger partial charge is 0.347 e. The van der Waals surface area contributed by atoms with Crippen LogP contribution in [0, 0.1) is 0 Å². The molecule has 1 nitrogen and oxygen atoms in total. The number of aromatic nitrogens is 1. The molecule has 0 aliphatic heterocycles. The van der Waals surface area contributed by atoms with Crippen LogP contribution in [0.4, 0.5) is 0 Å². The minimum atomic E-state index is 0.594. The van der Waals surface area contributed by atoms with Crippen LogP contribution in [-0.4, -0.2) is 4.57 Å². The second-order valence-electron chi connectivity index (χ2n) is 3.50. The Bertz CT molecular complexity index is 431. The van der Waals surface area contributed by atoms with Crippen LogP contribution >= 0.6 is 11.6 Å². The zero-order valence-corrected chi connectivity index (χ0v) is 9.09. The zero-order chi connectivity index (χ0) is 9.97. The summed E-state index contributed by atoms with van der Waals surface area (Å²) >= 11 is 5.91. The van der Waals surface area contributed by atoms with Gasteiger partial charge in [-0.05, 0) is 18.1 Å². The molecule has 0 aliphatic carbocycles. The molecule has 2 heteroatoms. The van der Waals surface area contributed by atoms with Crippen molar-refractivity contribution < 1.29 is 0 Å². The lowest BCUT2D eigenvalue weighted by Gasteiger charge is -2.01. The van der Waals surface area contributed by atoms with E-state index in [0.29, 0.717) is 5.88 Å². The molecule has 0 saturated heterocycles. The van der Waals surface area contributed by atoms with Crippen LogP contribution in [0.3, 0.4) is 0 Å². The van der Waals surface area contributed by atoms with Crippen LogP contribution in [0.15, 0.2) is 30.5 Å². The Hall–Kier alpha value is -0.950. The SMILES string of the molecule is CCCn1cc(CCl)c2ccccc21. The van der Waals surface area contributed by atoms with Gasteiger partial charge < -0.3 is 4.57 Å². The molecule has 2 rings (SSSR count). The first kappa shape index (κ1) is 9.60. The van der Waals surface area contributed by atoms with E-state index in [1.54, 1.807) is 0 Å². The van der Waals surface area contributed by atoms with E-state index in [4.69, 9.17) is 11.6 Å². The second-order valence-corrected chi connectivity index (χ2v) is 3.77. The summed E-state index contributed by atoms with van der Waals surface area (Å²) in [5, 5.41) is 1.29. The van der Waals surface area contributed by atoms with Crippen LogP contribution in [0.5, 0.6) is 0 Å². The molecule has 0 radical (unpaired) electrons. The van der Waals surface area contributed by atoms with Gasteiger partial charge in [-0.3, -0.25) is 0 Å². The number of rotatable bonds is 3. The molecule has 0 unspecified atom stereocenters. The van der Waals surface area contributed by atoms with E-state index < -0.39 is 0 Å². The van der Waals surface area contributed by atoms with Crippen LogP contribution in [0.25, 0.3) is 10.9 Å². The Morgan fingerprint density at radius 2 is 2.07 bits per heavy atom. The van der Waals surface area contributed by atoms with Crippen LogP contribution in [-0.2, 0) is 12.4 Å². The minimum absolute atomic E-state index is 0.594. The van der Waals surface area contributed by atoms with Crippen molar-refractivity contribution in [1.29, 1.82) is 0 Å². The number of hydrogen-bond donors (Lipinski definition) is 0. The van der Waals surface area contributed by atoms with E-state index >= 15 is 0 Å². The van der Waals surface area contributed by atoms with E-state index in [1.165, 1.54) is 16.5 Å². The summed E-state index contributed by atoms with van der Waals surface area (Å²) in [6.45, 7) is 3.26. The molecule has 0 atom stereocenters. The molecule has 0 aliphatic rings. The molecule has 0 bridgehead atoms. The standard InChI is InChI=1S/C12H14ClN/c1-2-7-14-9-10(8-13)11-5-3-4-6-12(11)14/h3-6,9H,2,7-8H2,1H3. The molecule has 14 heavy (non-hydrogen) atoms. The van der Waals surface area contributed by atoms with Crippen LogP contribution < -0.4 is 0 Å². The van der Waals surface area contributed by atoms with Gasteiger partial charge in [0, 0.05) is 29.5 Å². The molecule has 0 spiro atoms. The zero-order valence-electron chi connectivity index (χ0n) is 8.33. The molecule has 0 N–H and O–H groups in total. The van der Waals surface area contributed by atoms with Gasteiger partial charge in [-0.15, -0.1) is 11.6 Å². The van der Waals surface area contributed by atoms with E-state index in [-0.39, 0.29) is 0 Å². The third-order valence-corrected chi connectivity index (χ3v) is 2.77. The van der Waals surface area contributed by atoms with Crippen molar-refractivity contribution in [3.8, 4) is 0 Å². The lowest BCUT2D eigenvalue weighted by molar-refractivity contribution is 0.702. The Morgan fingerprint density at radius 3 is 2.79 bits per heavy atom. The van der Waals surface area contributed by atoms with E-state index in [9.17, 15) is 0 Å². The number of alkyl halides is 1. The monoisotopic (exact) mass is 207 g/mol. The van der Waals surface area contributed by atoms with Crippen molar-refractivity contribution in [2.24, 2.45) is 0 Å². The maximum atomic E-state index is 5.91. The number of aryl methyl sites for hydroxylation is 1.